The van der Waals surface area contributed by atoms with E-state index < -0.39 is 23.3 Å². The summed E-state index contributed by atoms with van der Waals surface area (Å²) in [5.41, 5.74) is 3.31. The van der Waals surface area contributed by atoms with Crippen LogP contribution >= 0.6 is 0 Å². The normalized spacial score (nSPS) is 17.8. The van der Waals surface area contributed by atoms with Crippen molar-refractivity contribution in [2.45, 2.75) is 44.6 Å². The third-order valence-electron chi connectivity index (χ3n) is 8.27. The summed E-state index contributed by atoms with van der Waals surface area (Å²) in [6, 6.07) is 15.1. The van der Waals surface area contributed by atoms with E-state index in [0.29, 0.717) is 43.1 Å². The fourth-order valence-electron chi connectivity index (χ4n) is 6.27. The van der Waals surface area contributed by atoms with Crippen molar-refractivity contribution in [2.24, 2.45) is 0 Å². The lowest BCUT2D eigenvalue weighted by atomic mass is 9.81. The van der Waals surface area contributed by atoms with Crippen LogP contribution in [0.1, 0.15) is 52.7 Å². The Labute approximate surface area is 258 Å². The van der Waals surface area contributed by atoms with Crippen LogP contribution < -0.4 is 18.9 Å². The van der Waals surface area contributed by atoms with E-state index in [-0.39, 0.29) is 48.0 Å². The summed E-state index contributed by atoms with van der Waals surface area (Å²) < 4.78 is 78.4. The van der Waals surface area contributed by atoms with Gasteiger partial charge in [0, 0.05) is 43.6 Å². The number of piperidine rings is 1. The second-order valence-corrected chi connectivity index (χ2v) is 11.2. The summed E-state index contributed by atoms with van der Waals surface area (Å²) in [5, 5.41) is 0. The maximum atomic E-state index is 13.9. The van der Waals surface area contributed by atoms with Crippen LogP contribution in [-0.2, 0) is 24.4 Å². The molecule has 0 saturated carbocycles. The maximum absolute atomic E-state index is 13.9. The van der Waals surface area contributed by atoms with Gasteiger partial charge in [-0.25, -0.2) is 17.6 Å². The molecule has 2 atom stereocenters. The van der Waals surface area contributed by atoms with E-state index >= 15 is 0 Å². The number of benzene rings is 4. The number of methoxy groups -OCH3 is 2. The largest absolute Gasteiger partial charge is 0.493 e. The molecule has 1 fully saturated rings. The zero-order chi connectivity index (χ0) is 31.7. The molecule has 2 aliphatic rings. The molecule has 2 heterocycles. The molecule has 4 aromatic rings. The molecular formula is C35H31F4NO5. The van der Waals surface area contributed by atoms with E-state index in [4.69, 9.17) is 18.9 Å². The summed E-state index contributed by atoms with van der Waals surface area (Å²) in [6.07, 6.45) is 1.29. The van der Waals surface area contributed by atoms with Crippen LogP contribution in [0.3, 0.4) is 0 Å². The minimum absolute atomic E-state index is 0.107. The highest BCUT2D eigenvalue weighted by molar-refractivity contribution is 5.81. The Bertz CT molecular complexity index is 1710. The van der Waals surface area contributed by atoms with Crippen LogP contribution in [0.15, 0.2) is 66.7 Å². The average molecular weight is 622 g/mol. The smallest absolute Gasteiger partial charge is 0.162 e. The minimum atomic E-state index is -0.735. The molecule has 2 aliphatic heterocycles. The molecule has 6 rings (SSSR count). The fraction of sp³-hybridized carbons (Fsp3) is 0.286. The lowest BCUT2D eigenvalue weighted by Gasteiger charge is -2.45. The Kier molecular flexibility index (Phi) is 8.67. The third-order valence-corrected chi connectivity index (χ3v) is 8.27. The monoisotopic (exact) mass is 621 g/mol. The molecule has 45 heavy (non-hydrogen) atoms. The molecule has 0 aromatic heterocycles. The van der Waals surface area contributed by atoms with Crippen LogP contribution in [0.4, 0.5) is 17.6 Å². The van der Waals surface area contributed by atoms with Gasteiger partial charge in [0.15, 0.2) is 23.0 Å². The quantitative estimate of drug-likeness (QED) is 0.181. The van der Waals surface area contributed by atoms with Gasteiger partial charge in [0.25, 0.3) is 0 Å². The Hall–Kier alpha value is -4.57. The molecule has 4 aromatic carbocycles. The molecule has 0 unspecified atom stereocenters. The summed E-state index contributed by atoms with van der Waals surface area (Å²) in [6.45, 7) is 0.356. The van der Waals surface area contributed by atoms with Crippen LogP contribution in [-0.4, -0.2) is 31.4 Å². The maximum Gasteiger partial charge on any atom is 0.162 e. The topological polar surface area (TPSA) is 57.2 Å². The van der Waals surface area contributed by atoms with Crippen molar-refractivity contribution in [1.82, 2.24) is 4.90 Å². The molecular weight excluding hydrogens is 590 g/mol. The molecule has 0 N–H and O–H groups in total. The Morgan fingerprint density at radius 2 is 1.22 bits per heavy atom. The number of hydrogen-bond acceptors (Lipinski definition) is 6. The lowest BCUT2D eigenvalue weighted by Crippen LogP contribution is -2.43. The Morgan fingerprint density at radius 1 is 0.667 bits per heavy atom. The minimum Gasteiger partial charge on any atom is -0.493 e. The summed E-state index contributed by atoms with van der Waals surface area (Å²) in [7, 11) is 3.13. The van der Waals surface area contributed by atoms with E-state index in [1.165, 1.54) is 24.3 Å². The molecule has 10 heteroatoms. The van der Waals surface area contributed by atoms with Crippen LogP contribution in [0.25, 0.3) is 0 Å². The van der Waals surface area contributed by atoms with E-state index in [1.54, 1.807) is 20.3 Å². The zero-order valence-corrected chi connectivity index (χ0v) is 24.7. The van der Waals surface area contributed by atoms with Gasteiger partial charge < -0.3 is 18.9 Å². The van der Waals surface area contributed by atoms with Crippen LogP contribution in [0.2, 0.25) is 0 Å². The standard InChI is InChI=1S/C35H31F4NO5/c1-42-32-4-3-23(12-33(32)43-2)30-15-28(41)16-31-29-17-35(45-19-21-9-26(38)14-27(39)10-21)34(11-22(29)5-6-40(30)31)44-18-20-7-24(36)13-25(37)8-20/h3-4,7-14,17,30-31H,5-6,15-16,18-19H2,1-2H3/t30-,31-/m0/s1. The van der Waals surface area contributed by atoms with E-state index in [2.05, 4.69) is 4.90 Å². The van der Waals surface area contributed by atoms with Gasteiger partial charge in [-0.1, -0.05) is 6.07 Å². The van der Waals surface area contributed by atoms with Gasteiger partial charge in [0.1, 0.15) is 42.3 Å². The molecule has 0 amide bonds. The Balaban J connectivity index is 1.34. The summed E-state index contributed by atoms with van der Waals surface area (Å²) >= 11 is 0. The van der Waals surface area contributed by atoms with Crippen molar-refractivity contribution in [2.75, 3.05) is 20.8 Å². The number of ketones is 1. The molecule has 0 spiro atoms. The van der Waals surface area contributed by atoms with Crippen molar-refractivity contribution in [1.29, 1.82) is 0 Å². The SMILES string of the molecule is COc1ccc([C@@H]2CC(=O)C[C@H]3c4cc(OCc5cc(F)cc(F)c5)c(OCc5cc(F)cc(F)c5)cc4CCN23)cc1OC. The number of halogens is 4. The first-order chi connectivity index (χ1) is 21.7. The molecule has 0 radical (unpaired) electrons. The number of hydrogen-bond donors (Lipinski definition) is 0. The van der Waals surface area contributed by atoms with Gasteiger partial charge >= 0.3 is 0 Å². The highest BCUT2D eigenvalue weighted by atomic mass is 19.1. The van der Waals surface area contributed by atoms with Gasteiger partial charge in [-0.05, 0) is 82.8 Å². The summed E-state index contributed by atoms with van der Waals surface area (Å²) in [4.78, 5) is 15.5. The van der Waals surface area contributed by atoms with Gasteiger partial charge in [-0.2, -0.15) is 0 Å². The lowest BCUT2D eigenvalue weighted by molar-refractivity contribution is -0.126. The van der Waals surface area contributed by atoms with Crippen molar-refractivity contribution >= 4 is 5.78 Å². The third kappa shape index (κ3) is 6.61. The number of Topliss-reactive ketones (excluding diaryl/α,β-unsaturated/α-hetero) is 1. The fourth-order valence-corrected chi connectivity index (χ4v) is 6.27. The zero-order valence-electron chi connectivity index (χ0n) is 24.7. The highest BCUT2D eigenvalue weighted by Crippen LogP contribution is 2.47. The van der Waals surface area contributed by atoms with Crippen molar-refractivity contribution in [3.63, 3.8) is 0 Å². The predicted octanol–water partition coefficient (Wildman–Crippen LogP) is 7.42. The molecule has 0 aliphatic carbocycles. The van der Waals surface area contributed by atoms with Crippen LogP contribution in [0, 0.1) is 23.3 Å². The van der Waals surface area contributed by atoms with Crippen molar-refractivity contribution < 1.29 is 41.3 Å². The summed E-state index contributed by atoms with van der Waals surface area (Å²) in [5.74, 6) is -1.06. The number of rotatable bonds is 9. The second kappa shape index (κ2) is 12.8. The van der Waals surface area contributed by atoms with E-state index in [9.17, 15) is 22.4 Å². The molecule has 6 nitrogen and oxygen atoms in total. The average Bonchev–Trinajstić information content (AvgIpc) is 3.01. The number of ether oxygens (including phenoxy) is 4. The first-order valence-corrected chi connectivity index (χ1v) is 14.5. The predicted molar refractivity (Wildman–Crippen MR) is 158 cm³/mol. The van der Waals surface area contributed by atoms with Crippen molar-refractivity contribution in [3.8, 4) is 23.0 Å². The molecule has 0 bridgehead atoms. The first kappa shape index (κ1) is 30.5. The van der Waals surface area contributed by atoms with E-state index in [1.807, 2.05) is 24.3 Å². The van der Waals surface area contributed by atoms with Gasteiger partial charge in [0.05, 0.1) is 14.2 Å². The Morgan fingerprint density at radius 3 is 1.80 bits per heavy atom. The first-order valence-electron chi connectivity index (χ1n) is 14.5. The number of nitrogens with zero attached hydrogens (tertiary/aromatic N) is 1. The van der Waals surface area contributed by atoms with E-state index in [0.717, 1.165) is 28.8 Å². The molecule has 234 valence electrons. The number of fused-ring (bicyclic) bond motifs is 3. The van der Waals surface area contributed by atoms with Gasteiger partial charge in [-0.15, -0.1) is 0 Å². The van der Waals surface area contributed by atoms with Crippen molar-refractivity contribution in [3.05, 3.63) is 118 Å². The van der Waals surface area contributed by atoms with Gasteiger partial charge in [0.2, 0.25) is 0 Å². The highest BCUT2D eigenvalue weighted by Gasteiger charge is 2.40. The van der Waals surface area contributed by atoms with Crippen LogP contribution in [0.5, 0.6) is 23.0 Å². The van der Waals surface area contributed by atoms with Gasteiger partial charge in [-0.3, -0.25) is 9.69 Å². The number of carbonyl (C=O) groups is 1. The molecule has 1 saturated heterocycles. The number of carbonyl (C=O) groups excluding carboxylic acids is 1. The second-order valence-electron chi connectivity index (χ2n) is 11.2.